The van der Waals surface area contributed by atoms with Crippen LogP contribution in [-0.4, -0.2) is 39.4 Å². The number of amides is 2. The molecule has 2 aromatic carbocycles. The summed E-state index contributed by atoms with van der Waals surface area (Å²) in [5.41, 5.74) is 0.204. The van der Waals surface area contributed by atoms with Crippen molar-refractivity contribution in [3.8, 4) is 5.75 Å². The van der Waals surface area contributed by atoms with Crippen LogP contribution >= 0.6 is 11.5 Å². The molecule has 0 bridgehead atoms. The number of nitrogens with one attached hydrogen (secondary N) is 2. The molecule has 0 atom stereocenters. The molecule has 30 heavy (non-hydrogen) atoms. The van der Waals surface area contributed by atoms with Crippen LogP contribution in [0, 0.1) is 5.82 Å². The molecule has 0 radical (unpaired) electrons. The predicted octanol–water partition coefficient (Wildman–Crippen LogP) is 3.19. The molecule has 0 saturated carbocycles. The summed E-state index contributed by atoms with van der Waals surface area (Å²) in [4.78, 5) is 39.8. The summed E-state index contributed by atoms with van der Waals surface area (Å²) in [7, 11) is 1.41. The number of halogens is 1. The van der Waals surface area contributed by atoms with E-state index in [-0.39, 0.29) is 34.2 Å². The van der Waals surface area contributed by atoms with Crippen molar-refractivity contribution in [3.05, 3.63) is 65.2 Å². The Balaban J connectivity index is 1.81. The highest BCUT2D eigenvalue weighted by molar-refractivity contribution is 7.09. The second kappa shape index (κ2) is 9.09. The molecule has 0 unspecified atom stereocenters. The summed E-state index contributed by atoms with van der Waals surface area (Å²) in [6.45, 7) is 0. The number of hydrogen-bond acceptors (Lipinski definition) is 7. The van der Waals surface area contributed by atoms with Crippen LogP contribution < -0.4 is 15.4 Å². The number of para-hydroxylation sites is 1. The van der Waals surface area contributed by atoms with E-state index in [1.807, 2.05) is 0 Å². The fraction of sp³-hybridized carbons (Fsp3) is 0.105. The summed E-state index contributed by atoms with van der Waals surface area (Å²) in [5.74, 6) is -1.93. The molecular weight excluding hydrogens is 415 g/mol. The average molecular weight is 430 g/mol. The molecule has 0 aliphatic carbocycles. The lowest BCUT2D eigenvalue weighted by Crippen LogP contribution is -2.21. The minimum absolute atomic E-state index is 0.0524. The maximum absolute atomic E-state index is 13.8. The zero-order valence-corrected chi connectivity index (χ0v) is 16.3. The van der Waals surface area contributed by atoms with E-state index in [9.17, 15) is 18.8 Å². The van der Waals surface area contributed by atoms with Crippen molar-refractivity contribution in [1.82, 2.24) is 9.36 Å². The van der Waals surface area contributed by atoms with Crippen molar-refractivity contribution in [2.24, 2.45) is 0 Å². The minimum Gasteiger partial charge on any atom is -0.496 e. The van der Waals surface area contributed by atoms with E-state index >= 15 is 0 Å². The van der Waals surface area contributed by atoms with E-state index in [4.69, 9.17) is 9.84 Å². The quantitative estimate of drug-likeness (QED) is 0.491. The summed E-state index contributed by atoms with van der Waals surface area (Å²) in [6.07, 6.45) is -0.380. The third-order valence-electron chi connectivity index (χ3n) is 3.82. The largest absolute Gasteiger partial charge is 0.496 e. The number of benzene rings is 2. The third kappa shape index (κ3) is 4.94. The van der Waals surface area contributed by atoms with Crippen LogP contribution in [0.1, 0.15) is 21.7 Å². The molecule has 2 amide bonds. The number of urea groups is 1. The predicted molar refractivity (Wildman–Crippen MR) is 107 cm³/mol. The molecule has 9 nitrogen and oxygen atoms in total. The fourth-order valence-corrected chi connectivity index (χ4v) is 3.13. The summed E-state index contributed by atoms with van der Waals surface area (Å²) in [5, 5.41) is 13.7. The van der Waals surface area contributed by atoms with Gasteiger partial charge < -0.3 is 15.2 Å². The highest BCUT2D eigenvalue weighted by Gasteiger charge is 2.20. The highest BCUT2D eigenvalue weighted by Crippen LogP contribution is 2.26. The summed E-state index contributed by atoms with van der Waals surface area (Å²) in [6, 6.07) is 9.07. The van der Waals surface area contributed by atoms with Gasteiger partial charge in [0, 0.05) is 17.1 Å². The Morgan fingerprint density at radius 2 is 1.90 bits per heavy atom. The van der Waals surface area contributed by atoms with Crippen molar-refractivity contribution >= 4 is 40.1 Å². The molecule has 1 heterocycles. The number of aromatic nitrogens is 2. The number of carboxylic acid groups (broad SMARTS) is 1. The maximum atomic E-state index is 13.8. The molecule has 11 heteroatoms. The van der Waals surface area contributed by atoms with E-state index in [1.165, 1.54) is 19.2 Å². The number of carbonyl (C=O) groups is 3. The Bertz CT molecular complexity index is 1120. The van der Waals surface area contributed by atoms with Gasteiger partial charge in [0.2, 0.25) is 5.13 Å². The van der Waals surface area contributed by atoms with Crippen LogP contribution in [0.4, 0.5) is 20.0 Å². The standard InChI is InChI=1S/C19H15FN4O5S/c1-29-14-5-3-2-4-11(14)17(27)12-8-10(20)6-7-13(12)21-18(28)23-19-22-15(24-30-19)9-16(25)26/h2-8H,9H2,1H3,(H,25,26)(H2,21,22,23,24,28). The molecule has 0 aliphatic heterocycles. The number of nitrogens with zero attached hydrogens (tertiary/aromatic N) is 2. The number of ether oxygens (including phenoxy) is 1. The van der Waals surface area contributed by atoms with E-state index in [2.05, 4.69) is 20.0 Å². The van der Waals surface area contributed by atoms with Gasteiger partial charge in [0.25, 0.3) is 0 Å². The first-order valence-corrected chi connectivity index (χ1v) is 9.24. The SMILES string of the molecule is COc1ccccc1C(=O)c1cc(F)ccc1NC(=O)Nc1nc(CC(=O)O)ns1. The number of ketones is 1. The molecule has 1 aromatic heterocycles. The van der Waals surface area contributed by atoms with Crippen molar-refractivity contribution < 1.29 is 28.6 Å². The number of carboxylic acids is 1. The second-order valence-corrected chi connectivity index (χ2v) is 6.64. The molecule has 3 rings (SSSR count). The van der Waals surface area contributed by atoms with Crippen LogP contribution in [0.2, 0.25) is 0 Å². The second-order valence-electron chi connectivity index (χ2n) is 5.88. The topological polar surface area (TPSA) is 131 Å². The lowest BCUT2D eigenvalue weighted by atomic mass is 10.0. The highest BCUT2D eigenvalue weighted by atomic mass is 32.1. The third-order valence-corrected chi connectivity index (χ3v) is 4.49. The lowest BCUT2D eigenvalue weighted by Gasteiger charge is -2.12. The van der Waals surface area contributed by atoms with Gasteiger partial charge in [-0.1, -0.05) is 12.1 Å². The first-order valence-electron chi connectivity index (χ1n) is 8.47. The lowest BCUT2D eigenvalue weighted by molar-refractivity contribution is -0.136. The Kier molecular flexibility index (Phi) is 6.32. The minimum atomic E-state index is -1.10. The molecule has 0 saturated heterocycles. The fourth-order valence-electron chi connectivity index (χ4n) is 2.55. The van der Waals surface area contributed by atoms with Gasteiger partial charge in [-0.3, -0.25) is 14.9 Å². The van der Waals surface area contributed by atoms with E-state index in [0.29, 0.717) is 5.75 Å². The average Bonchev–Trinajstić information content (AvgIpc) is 3.14. The van der Waals surface area contributed by atoms with Gasteiger partial charge in [0.1, 0.15) is 18.0 Å². The van der Waals surface area contributed by atoms with Gasteiger partial charge in [-0.2, -0.15) is 4.37 Å². The van der Waals surface area contributed by atoms with E-state index < -0.39 is 23.6 Å². The Morgan fingerprint density at radius 3 is 2.63 bits per heavy atom. The first kappa shape index (κ1) is 20.9. The number of hydrogen-bond donors (Lipinski definition) is 3. The van der Waals surface area contributed by atoms with Gasteiger partial charge in [-0.25, -0.2) is 14.2 Å². The van der Waals surface area contributed by atoms with Gasteiger partial charge in [0.05, 0.1) is 18.4 Å². The van der Waals surface area contributed by atoms with Crippen LogP contribution in [0.3, 0.4) is 0 Å². The van der Waals surface area contributed by atoms with Crippen molar-refractivity contribution in [2.45, 2.75) is 6.42 Å². The zero-order chi connectivity index (χ0) is 21.7. The molecule has 0 aliphatic rings. The van der Waals surface area contributed by atoms with E-state index in [0.717, 1.165) is 23.7 Å². The maximum Gasteiger partial charge on any atom is 0.325 e. The van der Waals surface area contributed by atoms with Gasteiger partial charge in [0.15, 0.2) is 11.6 Å². The molecule has 154 valence electrons. The van der Waals surface area contributed by atoms with E-state index in [1.54, 1.807) is 18.2 Å². The van der Waals surface area contributed by atoms with Crippen LogP contribution in [0.15, 0.2) is 42.5 Å². The number of methoxy groups -OCH3 is 1. The number of anilines is 2. The van der Waals surface area contributed by atoms with Gasteiger partial charge in [-0.05, 0) is 30.3 Å². The molecule has 3 N–H and O–H groups in total. The number of aliphatic carboxylic acids is 1. The smallest absolute Gasteiger partial charge is 0.325 e. The Hall–Kier alpha value is -3.86. The van der Waals surface area contributed by atoms with Crippen LogP contribution in [-0.2, 0) is 11.2 Å². The summed E-state index contributed by atoms with van der Waals surface area (Å²) < 4.78 is 22.8. The molecule has 3 aromatic rings. The number of rotatable bonds is 7. The normalized spacial score (nSPS) is 10.3. The Morgan fingerprint density at radius 1 is 1.13 bits per heavy atom. The molecule has 0 spiro atoms. The first-order chi connectivity index (χ1) is 14.4. The Labute approximate surface area is 173 Å². The summed E-state index contributed by atoms with van der Waals surface area (Å²) >= 11 is 0.805. The monoisotopic (exact) mass is 430 g/mol. The zero-order valence-electron chi connectivity index (χ0n) is 15.5. The van der Waals surface area contributed by atoms with Crippen molar-refractivity contribution in [3.63, 3.8) is 0 Å². The molecule has 0 fully saturated rings. The van der Waals surface area contributed by atoms with Gasteiger partial charge in [-0.15, -0.1) is 0 Å². The van der Waals surface area contributed by atoms with Crippen molar-refractivity contribution in [2.75, 3.05) is 17.7 Å². The van der Waals surface area contributed by atoms with Gasteiger partial charge >= 0.3 is 12.0 Å². The van der Waals surface area contributed by atoms with Crippen LogP contribution in [0.25, 0.3) is 0 Å². The van der Waals surface area contributed by atoms with Crippen molar-refractivity contribution in [1.29, 1.82) is 0 Å². The molecular formula is C19H15FN4O5S. The van der Waals surface area contributed by atoms with Crippen LogP contribution in [0.5, 0.6) is 5.75 Å². The number of carbonyl (C=O) groups excluding carboxylic acids is 2.